The van der Waals surface area contributed by atoms with Gasteiger partial charge < -0.3 is 22.3 Å². The van der Waals surface area contributed by atoms with Crippen molar-refractivity contribution in [3.63, 3.8) is 0 Å². The molecule has 0 heterocycles. The van der Waals surface area contributed by atoms with Crippen molar-refractivity contribution < 1.29 is 14.7 Å². The highest BCUT2D eigenvalue weighted by Gasteiger charge is 2.09. The molecule has 0 aromatic rings. The van der Waals surface area contributed by atoms with Crippen LogP contribution in [0.5, 0.6) is 0 Å². The van der Waals surface area contributed by atoms with Crippen molar-refractivity contribution in [2.75, 3.05) is 13.1 Å². The quantitative estimate of drug-likeness (QED) is 0.194. The van der Waals surface area contributed by atoms with E-state index in [1.165, 1.54) is 0 Å². The standard InChI is InChI=1S/C8H17N5O3/c9-4-6(14)13-8(11)12-3-1-2-5(10)7(15)16/h5H,1-4,9-10H2,(H,15,16)(H3,11,12,13,14)/t5-/m0/s1. The van der Waals surface area contributed by atoms with Gasteiger partial charge in [0.15, 0.2) is 5.96 Å². The maximum Gasteiger partial charge on any atom is 0.320 e. The molecule has 0 aliphatic heterocycles. The number of carboxylic acids is 1. The zero-order valence-electron chi connectivity index (χ0n) is 8.85. The third kappa shape index (κ3) is 6.74. The third-order valence-corrected chi connectivity index (χ3v) is 1.73. The van der Waals surface area contributed by atoms with Crippen molar-refractivity contribution in [1.29, 1.82) is 0 Å². The predicted octanol–water partition coefficient (Wildman–Crippen LogP) is -2.43. The normalized spacial score (nSPS) is 13.2. The molecular formula is C8H17N5O3. The molecule has 0 radical (unpaired) electrons. The summed E-state index contributed by atoms with van der Waals surface area (Å²) < 4.78 is 0. The van der Waals surface area contributed by atoms with Gasteiger partial charge in [0, 0.05) is 6.54 Å². The first-order valence-corrected chi connectivity index (χ1v) is 4.75. The lowest BCUT2D eigenvalue weighted by molar-refractivity contribution is -0.138. The molecule has 0 fully saturated rings. The Balaban J connectivity index is 3.75. The van der Waals surface area contributed by atoms with Crippen LogP contribution in [0.4, 0.5) is 0 Å². The van der Waals surface area contributed by atoms with Gasteiger partial charge in [0.05, 0.1) is 6.54 Å². The number of amides is 1. The minimum absolute atomic E-state index is 0.0284. The molecule has 0 unspecified atom stereocenters. The van der Waals surface area contributed by atoms with Crippen molar-refractivity contribution in [2.45, 2.75) is 18.9 Å². The fourth-order valence-corrected chi connectivity index (χ4v) is 0.868. The van der Waals surface area contributed by atoms with Gasteiger partial charge >= 0.3 is 5.97 Å². The van der Waals surface area contributed by atoms with Crippen LogP contribution in [0.1, 0.15) is 12.8 Å². The van der Waals surface area contributed by atoms with Gasteiger partial charge in [-0.1, -0.05) is 0 Å². The number of rotatable bonds is 6. The highest BCUT2D eigenvalue weighted by molar-refractivity contribution is 5.96. The molecule has 1 amide bonds. The molecule has 16 heavy (non-hydrogen) atoms. The number of hydrogen-bond donors (Lipinski definition) is 5. The number of carbonyl (C=O) groups excluding carboxylic acids is 1. The molecule has 0 aliphatic carbocycles. The Bertz CT molecular complexity index is 279. The molecule has 92 valence electrons. The summed E-state index contributed by atoms with van der Waals surface area (Å²) in [6.45, 7) is 0.137. The second kappa shape index (κ2) is 7.60. The fourth-order valence-electron chi connectivity index (χ4n) is 0.868. The van der Waals surface area contributed by atoms with Gasteiger partial charge in [0.25, 0.3) is 0 Å². The van der Waals surface area contributed by atoms with E-state index >= 15 is 0 Å². The molecule has 0 spiro atoms. The maximum absolute atomic E-state index is 10.8. The van der Waals surface area contributed by atoms with Crippen molar-refractivity contribution >= 4 is 17.8 Å². The van der Waals surface area contributed by atoms with Crippen molar-refractivity contribution in [2.24, 2.45) is 22.2 Å². The van der Waals surface area contributed by atoms with Gasteiger partial charge in [0.2, 0.25) is 5.91 Å². The molecule has 8 N–H and O–H groups in total. The Morgan fingerprint density at radius 2 is 2.06 bits per heavy atom. The Labute approximate surface area is 92.9 Å². The first-order valence-electron chi connectivity index (χ1n) is 4.75. The average Bonchev–Trinajstić information content (AvgIpc) is 2.23. The average molecular weight is 231 g/mol. The summed E-state index contributed by atoms with van der Waals surface area (Å²) in [7, 11) is 0. The zero-order chi connectivity index (χ0) is 12.6. The first kappa shape index (κ1) is 14.3. The number of carbonyl (C=O) groups is 2. The van der Waals surface area contributed by atoms with Crippen LogP contribution in [0.3, 0.4) is 0 Å². The van der Waals surface area contributed by atoms with Crippen LogP contribution in [-0.4, -0.2) is 42.1 Å². The summed E-state index contributed by atoms with van der Waals surface area (Å²) in [5, 5.41) is 10.7. The summed E-state index contributed by atoms with van der Waals surface area (Å²) in [5.41, 5.74) is 15.7. The van der Waals surface area contributed by atoms with Crippen molar-refractivity contribution in [1.82, 2.24) is 5.32 Å². The highest BCUT2D eigenvalue weighted by Crippen LogP contribution is 1.94. The number of guanidine groups is 1. The summed E-state index contributed by atoms with van der Waals surface area (Å²) in [5.74, 6) is -1.50. The predicted molar refractivity (Wildman–Crippen MR) is 58.5 cm³/mol. The molecule has 0 saturated heterocycles. The lowest BCUT2D eigenvalue weighted by atomic mass is 10.2. The van der Waals surface area contributed by atoms with Gasteiger partial charge in [-0.3, -0.25) is 19.9 Å². The lowest BCUT2D eigenvalue weighted by Gasteiger charge is -2.05. The number of aliphatic carboxylic acids is 1. The molecule has 0 bridgehead atoms. The summed E-state index contributed by atoms with van der Waals surface area (Å²) >= 11 is 0. The van der Waals surface area contributed by atoms with Crippen LogP contribution in [0, 0.1) is 0 Å². The zero-order valence-corrected chi connectivity index (χ0v) is 8.85. The van der Waals surface area contributed by atoms with E-state index in [0.717, 1.165) is 0 Å². The summed E-state index contributed by atoms with van der Waals surface area (Å²) in [6.07, 6.45) is 0.781. The molecule has 0 aromatic heterocycles. The van der Waals surface area contributed by atoms with Crippen LogP contribution < -0.4 is 22.5 Å². The van der Waals surface area contributed by atoms with E-state index in [9.17, 15) is 9.59 Å². The van der Waals surface area contributed by atoms with Gasteiger partial charge in [-0.2, -0.15) is 0 Å². The number of nitrogens with one attached hydrogen (secondary N) is 1. The van der Waals surface area contributed by atoms with Crippen molar-refractivity contribution in [3.05, 3.63) is 0 Å². The van der Waals surface area contributed by atoms with E-state index in [1.807, 2.05) is 0 Å². The van der Waals surface area contributed by atoms with Gasteiger partial charge in [-0.25, -0.2) is 0 Å². The highest BCUT2D eigenvalue weighted by atomic mass is 16.4. The Morgan fingerprint density at radius 3 is 2.56 bits per heavy atom. The van der Waals surface area contributed by atoms with E-state index in [1.54, 1.807) is 0 Å². The number of nitrogens with two attached hydrogens (primary N) is 3. The SMILES string of the molecule is NCC(=O)NC(N)=NCCC[C@H](N)C(=O)O. The molecular weight excluding hydrogens is 214 g/mol. The topological polar surface area (TPSA) is 157 Å². The number of nitrogens with zero attached hydrogens (tertiary/aromatic N) is 1. The first-order chi connectivity index (χ1) is 7.47. The molecule has 0 aliphatic rings. The van der Waals surface area contributed by atoms with Crippen LogP contribution in [0.15, 0.2) is 4.99 Å². The Morgan fingerprint density at radius 1 is 1.44 bits per heavy atom. The lowest BCUT2D eigenvalue weighted by Crippen LogP contribution is -2.40. The summed E-state index contributed by atoms with van der Waals surface area (Å²) in [6, 6.07) is -0.893. The molecule has 1 atom stereocenters. The van der Waals surface area contributed by atoms with E-state index in [4.69, 9.17) is 22.3 Å². The Kier molecular flexibility index (Phi) is 6.81. The maximum atomic E-state index is 10.8. The largest absolute Gasteiger partial charge is 0.480 e. The number of aliphatic imine (C=N–C) groups is 1. The number of carboxylic acid groups (broad SMARTS) is 1. The molecule has 0 rings (SSSR count). The van der Waals surface area contributed by atoms with Crippen LogP contribution in [0.25, 0.3) is 0 Å². The smallest absolute Gasteiger partial charge is 0.320 e. The van der Waals surface area contributed by atoms with E-state index < -0.39 is 17.9 Å². The minimum Gasteiger partial charge on any atom is -0.480 e. The molecule has 0 aromatic carbocycles. The second-order valence-electron chi connectivity index (χ2n) is 3.11. The molecule has 8 nitrogen and oxygen atoms in total. The molecule has 8 heteroatoms. The summed E-state index contributed by atoms with van der Waals surface area (Å²) in [4.78, 5) is 24.9. The van der Waals surface area contributed by atoms with Gasteiger partial charge in [-0.15, -0.1) is 0 Å². The van der Waals surface area contributed by atoms with Gasteiger partial charge in [-0.05, 0) is 12.8 Å². The van der Waals surface area contributed by atoms with E-state index in [0.29, 0.717) is 19.4 Å². The van der Waals surface area contributed by atoms with Crippen molar-refractivity contribution in [3.8, 4) is 0 Å². The fraction of sp³-hybridized carbons (Fsp3) is 0.625. The minimum atomic E-state index is -1.05. The monoisotopic (exact) mass is 231 g/mol. The van der Waals surface area contributed by atoms with Crippen LogP contribution in [-0.2, 0) is 9.59 Å². The van der Waals surface area contributed by atoms with E-state index in [2.05, 4.69) is 10.3 Å². The van der Waals surface area contributed by atoms with E-state index in [-0.39, 0.29) is 12.5 Å². The number of hydrogen-bond acceptors (Lipinski definition) is 5. The van der Waals surface area contributed by atoms with Crippen LogP contribution in [0.2, 0.25) is 0 Å². The Hall–Kier alpha value is -1.67. The second-order valence-corrected chi connectivity index (χ2v) is 3.11. The van der Waals surface area contributed by atoms with Crippen LogP contribution >= 0.6 is 0 Å². The van der Waals surface area contributed by atoms with Gasteiger partial charge in [0.1, 0.15) is 6.04 Å². The third-order valence-electron chi connectivity index (χ3n) is 1.73. The molecule has 0 saturated carbocycles.